The summed E-state index contributed by atoms with van der Waals surface area (Å²) in [6, 6.07) is 14.6. The van der Waals surface area contributed by atoms with Crippen LogP contribution < -0.4 is 10.1 Å². The number of nitrogens with zero attached hydrogens (tertiary/aromatic N) is 1. The van der Waals surface area contributed by atoms with Crippen LogP contribution in [0.25, 0.3) is 0 Å². The Morgan fingerprint density at radius 3 is 2.23 bits per heavy atom. The number of morpholine rings is 1. The molecule has 0 saturated carbocycles. The van der Waals surface area contributed by atoms with Gasteiger partial charge in [-0.05, 0) is 48.2 Å². The maximum atomic E-state index is 12.6. The average Bonchev–Trinajstić information content (AvgIpc) is 2.79. The van der Waals surface area contributed by atoms with Gasteiger partial charge in [-0.3, -0.25) is 4.79 Å². The number of rotatable bonds is 9. The normalized spacial score (nSPS) is 15.0. The number of carbonyl (C=O) groups excluding carboxylic acids is 1. The highest BCUT2D eigenvalue weighted by Gasteiger charge is 2.26. The smallest absolute Gasteiger partial charge is 0.243 e. The van der Waals surface area contributed by atoms with Crippen molar-refractivity contribution in [2.45, 2.75) is 24.2 Å². The van der Waals surface area contributed by atoms with Gasteiger partial charge in [-0.25, -0.2) is 8.42 Å². The Balaban J connectivity index is 1.43. The minimum absolute atomic E-state index is 0.0199. The Morgan fingerprint density at radius 2 is 1.60 bits per heavy atom. The Labute approximate surface area is 178 Å². The van der Waals surface area contributed by atoms with Crippen molar-refractivity contribution in [3.63, 3.8) is 0 Å². The Kier molecular flexibility index (Phi) is 7.84. The first-order valence-electron chi connectivity index (χ1n) is 10.1. The summed E-state index contributed by atoms with van der Waals surface area (Å²) in [6.45, 7) is 2.17. The number of hydrogen-bond acceptors (Lipinski definition) is 5. The molecule has 0 unspecified atom stereocenters. The molecule has 1 amide bonds. The molecule has 0 aromatic heterocycles. The Hall–Kier alpha value is -2.42. The molecule has 2 aromatic rings. The van der Waals surface area contributed by atoms with Crippen molar-refractivity contribution >= 4 is 15.9 Å². The summed E-state index contributed by atoms with van der Waals surface area (Å²) in [4.78, 5) is 12.4. The van der Waals surface area contributed by atoms with Gasteiger partial charge in [0.25, 0.3) is 0 Å². The number of amides is 1. The van der Waals surface area contributed by atoms with E-state index in [1.165, 1.54) is 4.31 Å². The topological polar surface area (TPSA) is 84.9 Å². The van der Waals surface area contributed by atoms with Gasteiger partial charge in [0, 0.05) is 26.1 Å². The molecule has 1 aliphatic rings. The first-order chi connectivity index (χ1) is 14.5. The highest BCUT2D eigenvalue weighted by Crippen LogP contribution is 2.18. The number of carbonyl (C=O) groups is 1. The minimum Gasteiger partial charge on any atom is -0.497 e. The highest BCUT2D eigenvalue weighted by molar-refractivity contribution is 7.89. The average molecular weight is 433 g/mol. The van der Waals surface area contributed by atoms with E-state index in [0.717, 1.165) is 23.3 Å². The summed E-state index contributed by atoms with van der Waals surface area (Å²) in [5, 5.41) is 2.92. The van der Waals surface area contributed by atoms with Crippen LogP contribution in [0.3, 0.4) is 0 Å². The first-order valence-corrected chi connectivity index (χ1v) is 11.5. The van der Waals surface area contributed by atoms with Crippen molar-refractivity contribution in [3.05, 3.63) is 59.7 Å². The van der Waals surface area contributed by atoms with Crippen LogP contribution in [0.1, 0.15) is 17.5 Å². The molecular weight excluding hydrogens is 404 g/mol. The van der Waals surface area contributed by atoms with Crippen molar-refractivity contribution in [1.29, 1.82) is 0 Å². The zero-order valence-corrected chi connectivity index (χ0v) is 18.0. The van der Waals surface area contributed by atoms with Gasteiger partial charge in [0.15, 0.2) is 0 Å². The summed E-state index contributed by atoms with van der Waals surface area (Å²) in [5.74, 6) is 0.792. The zero-order valence-electron chi connectivity index (χ0n) is 17.2. The third kappa shape index (κ3) is 6.04. The van der Waals surface area contributed by atoms with E-state index < -0.39 is 10.0 Å². The second-order valence-electron chi connectivity index (χ2n) is 7.11. The van der Waals surface area contributed by atoms with Gasteiger partial charge in [0.2, 0.25) is 15.9 Å². The van der Waals surface area contributed by atoms with E-state index >= 15 is 0 Å². The highest BCUT2D eigenvalue weighted by atomic mass is 32.2. The Bertz CT molecular complexity index is 921. The number of hydrogen-bond donors (Lipinski definition) is 1. The van der Waals surface area contributed by atoms with E-state index in [-0.39, 0.29) is 10.8 Å². The fourth-order valence-corrected chi connectivity index (χ4v) is 4.66. The first kappa shape index (κ1) is 22.3. The van der Waals surface area contributed by atoms with Gasteiger partial charge in [0.1, 0.15) is 5.75 Å². The predicted molar refractivity (Wildman–Crippen MR) is 114 cm³/mol. The van der Waals surface area contributed by atoms with Gasteiger partial charge in [-0.1, -0.05) is 24.3 Å². The third-order valence-corrected chi connectivity index (χ3v) is 6.98. The van der Waals surface area contributed by atoms with E-state index in [1.807, 2.05) is 24.3 Å². The lowest BCUT2D eigenvalue weighted by Gasteiger charge is -2.26. The van der Waals surface area contributed by atoms with E-state index in [0.29, 0.717) is 45.7 Å². The second-order valence-corrected chi connectivity index (χ2v) is 9.05. The molecule has 1 aliphatic heterocycles. The van der Waals surface area contributed by atoms with Crippen LogP contribution in [0.4, 0.5) is 0 Å². The molecule has 1 heterocycles. The predicted octanol–water partition coefficient (Wildman–Crippen LogP) is 2.01. The number of aryl methyl sites for hydroxylation is 1. The molecule has 1 saturated heterocycles. The van der Waals surface area contributed by atoms with Crippen LogP contribution in [0, 0.1) is 0 Å². The maximum absolute atomic E-state index is 12.6. The number of nitrogens with one attached hydrogen (secondary N) is 1. The van der Waals surface area contributed by atoms with Crippen molar-refractivity contribution in [2.24, 2.45) is 0 Å². The number of methoxy groups -OCH3 is 1. The van der Waals surface area contributed by atoms with E-state index in [2.05, 4.69) is 5.32 Å². The van der Waals surface area contributed by atoms with E-state index in [9.17, 15) is 13.2 Å². The van der Waals surface area contributed by atoms with Gasteiger partial charge < -0.3 is 14.8 Å². The number of ether oxygens (including phenoxy) is 2. The molecule has 3 rings (SSSR count). The molecule has 162 valence electrons. The quantitative estimate of drug-likeness (QED) is 0.655. The van der Waals surface area contributed by atoms with Crippen LogP contribution in [0.5, 0.6) is 5.75 Å². The van der Waals surface area contributed by atoms with Gasteiger partial charge in [-0.15, -0.1) is 0 Å². The molecular formula is C22H28N2O5S. The molecule has 0 aliphatic carbocycles. The summed E-state index contributed by atoms with van der Waals surface area (Å²) in [7, 11) is -1.86. The van der Waals surface area contributed by atoms with Gasteiger partial charge in [0.05, 0.1) is 25.2 Å². The van der Waals surface area contributed by atoms with Crippen LogP contribution in [0.2, 0.25) is 0 Å². The summed E-state index contributed by atoms with van der Waals surface area (Å²) in [6.07, 6.45) is 1.67. The van der Waals surface area contributed by atoms with Crippen molar-refractivity contribution in [3.8, 4) is 5.75 Å². The fourth-order valence-electron chi connectivity index (χ4n) is 3.25. The molecule has 0 spiro atoms. The lowest BCUT2D eigenvalue weighted by Crippen LogP contribution is -2.40. The summed E-state index contributed by atoms with van der Waals surface area (Å²) in [5.41, 5.74) is 2.06. The van der Waals surface area contributed by atoms with E-state index in [4.69, 9.17) is 9.47 Å². The monoisotopic (exact) mass is 432 g/mol. The zero-order chi connectivity index (χ0) is 21.4. The maximum Gasteiger partial charge on any atom is 0.243 e. The fraction of sp³-hybridized carbons (Fsp3) is 0.409. The molecule has 0 radical (unpaired) electrons. The van der Waals surface area contributed by atoms with E-state index in [1.54, 1.807) is 31.4 Å². The lowest BCUT2D eigenvalue weighted by atomic mass is 10.1. The standard InChI is InChI=1S/C22H28N2O5S/c1-28-20-7-2-19(3-8-20)12-13-23-22(25)11-6-18-4-9-21(10-5-18)30(26,27)24-14-16-29-17-15-24/h2-5,7-10H,6,11-17H2,1H3,(H,23,25). The summed E-state index contributed by atoms with van der Waals surface area (Å²) >= 11 is 0. The van der Waals surface area contributed by atoms with Crippen LogP contribution in [0.15, 0.2) is 53.4 Å². The second kappa shape index (κ2) is 10.6. The molecule has 30 heavy (non-hydrogen) atoms. The largest absolute Gasteiger partial charge is 0.497 e. The SMILES string of the molecule is COc1ccc(CCNC(=O)CCc2ccc(S(=O)(=O)N3CCOCC3)cc2)cc1. The molecule has 0 atom stereocenters. The van der Waals surface area contributed by atoms with Crippen molar-refractivity contribution in [1.82, 2.24) is 9.62 Å². The molecule has 1 fully saturated rings. The molecule has 7 nitrogen and oxygen atoms in total. The molecule has 0 bridgehead atoms. The van der Waals surface area contributed by atoms with Crippen LogP contribution >= 0.6 is 0 Å². The summed E-state index contributed by atoms with van der Waals surface area (Å²) < 4.78 is 37.1. The van der Waals surface area contributed by atoms with Crippen LogP contribution in [-0.2, 0) is 32.4 Å². The molecule has 2 aromatic carbocycles. The Morgan fingerprint density at radius 1 is 1.00 bits per heavy atom. The minimum atomic E-state index is -3.49. The third-order valence-electron chi connectivity index (χ3n) is 5.07. The lowest BCUT2D eigenvalue weighted by molar-refractivity contribution is -0.121. The molecule has 1 N–H and O–H groups in total. The number of benzene rings is 2. The van der Waals surface area contributed by atoms with Gasteiger partial charge >= 0.3 is 0 Å². The van der Waals surface area contributed by atoms with Crippen LogP contribution in [-0.4, -0.2) is 58.6 Å². The van der Waals surface area contributed by atoms with Crippen molar-refractivity contribution < 1.29 is 22.7 Å². The van der Waals surface area contributed by atoms with Crippen molar-refractivity contribution in [2.75, 3.05) is 40.0 Å². The van der Waals surface area contributed by atoms with Gasteiger partial charge in [-0.2, -0.15) is 4.31 Å². The number of sulfonamides is 1. The molecule has 8 heteroatoms.